The van der Waals surface area contributed by atoms with Crippen molar-refractivity contribution in [2.24, 2.45) is 23.5 Å². The van der Waals surface area contributed by atoms with E-state index < -0.39 is 0 Å². The van der Waals surface area contributed by atoms with Gasteiger partial charge >= 0.3 is 0 Å². The fourth-order valence-corrected chi connectivity index (χ4v) is 3.69. The third-order valence-electron chi connectivity index (χ3n) is 4.97. The van der Waals surface area contributed by atoms with Crippen molar-refractivity contribution in [3.05, 3.63) is 23.9 Å². The van der Waals surface area contributed by atoms with Gasteiger partial charge < -0.3 is 15.8 Å². The summed E-state index contributed by atoms with van der Waals surface area (Å²) in [5.41, 5.74) is 7.10. The number of aromatic nitrogens is 1. The monoisotopic (exact) mass is 289 g/mol. The first kappa shape index (κ1) is 14.3. The molecule has 0 radical (unpaired) electrons. The number of nitrogens with zero attached hydrogens (tertiary/aromatic N) is 1. The van der Waals surface area contributed by atoms with Gasteiger partial charge in [-0.2, -0.15) is 0 Å². The summed E-state index contributed by atoms with van der Waals surface area (Å²) in [6.45, 7) is 0.657. The Kier molecular flexibility index (Phi) is 4.10. The zero-order valence-corrected chi connectivity index (χ0v) is 12.4. The molecule has 3 N–H and O–H groups in total. The fourth-order valence-electron chi connectivity index (χ4n) is 3.69. The first-order valence-electron chi connectivity index (χ1n) is 7.69. The highest BCUT2D eigenvalue weighted by atomic mass is 16.5. The van der Waals surface area contributed by atoms with Crippen molar-refractivity contribution in [2.75, 3.05) is 13.7 Å². The minimum atomic E-state index is 0.167. The van der Waals surface area contributed by atoms with Crippen molar-refractivity contribution < 1.29 is 9.53 Å². The molecule has 0 aromatic carbocycles. The van der Waals surface area contributed by atoms with Crippen molar-refractivity contribution in [1.29, 1.82) is 0 Å². The highest BCUT2D eigenvalue weighted by molar-refractivity contribution is 5.79. The van der Waals surface area contributed by atoms with Crippen LogP contribution in [0.5, 0.6) is 5.88 Å². The molecule has 21 heavy (non-hydrogen) atoms. The molecule has 4 atom stereocenters. The maximum Gasteiger partial charge on any atom is 0.223 e. The lowest BCUT2D eigenvalue weighted by molar-refractivity contribution is -0.124. The van der Waals surface area contributed by atoms with E-state index in [1.54, 1.807) is 13.3 Å². The largest absolute Gasteiger partial charge is 0.481 e. The molecule has 2 fully saturated rings. The van der Waals surface area contributed by atoms with Crippen molar-refractivity contribution >= 4 is 5.91 Å². The minimum Gasteiger partial charge on any atom is -0.481 e. The molecule has 0 spiro atoms. The number of nitrogens with two attached hydrogens (primary N) is 1. The SMILES string of the molecule is COc1cc(CCNC(=O)C2CC3CC(N)C3C2)ccn1. The molecule has 1 heterocycles. The van der Waals surface area contributed by atoms with E-state index in [1.807, 2.05) is 12.1 Å². The summed E-state index contributed by atoms with van der Waals surface area (Å²) < 4.78 is 5.09. The number of rotatable bonds is 5. The quantitative estimate of drug-likeness (QED) is 0.851. The van der Waals surface area contributed by atoms with E-state index in [4.69, 9.17) is 10.5 Å². The number of hydrogen-bond donors (Lipinski definition) is 2. The van der Waals surface area contributed by atoms with Gasteiger partial charge in [0.05, 0.1) is 7.11 Å². The molecule has 4 unspecified atom stereocenters. The Morgan fingerprint density at radius 2 is 2.33 bits per heavy atom. The van der Waals surface area contributed by atoms with Crippen LogP contribution in [0.25, 0.3) is 0 Å². The second kappa shape index (κ2) is 6.02. The number of amides is 1. The van der Waals surface area contributed by atoms with Crippen molar-refractivity contribution in [3.63, 3.8) is 0 Å². The van der Waals surface area contributed by atoms with Gasteiger partial charge in [-0.15, -0.1) is 0 Å². The maximum atomic E-state index is 12.2. The van der Waals surface area contributed by atoms with E-state index in [9.17, 15) is 4.79 Å². The number of carbonyl (C=O) groups excluding carboxylic acids is 1. The average molecular weight is 289 g/mol. The molecule has 0 saturated heterocycles. The van der Waals surface area contributed by atoms with Gasteiger partial charge in [0.1, 0.15) is 0 Å². The lowest BCUT2D eigenvalue weighted by Gasteiger charge is -2.37. The summed E-state index contributed by atoms with van der Waals surface area (Å²) in [7, 11) is 1.60. The highest BCUT2D eigenvalue weighted by Gasteiger charge is 2.47. The number of ether oxygens (including phenoxy) is 1. The molecule has 114 valence electrons. The predicted octanol–water partition coefficient (Wildman–Crippen LogP) is 1.12. The van der Waals surface area contributed by atoms with Crippen molar-refractivity contribution in [2.45, 2.75) is 31.7 Å². The van der Waals surface area contributed by atoms with Gasteiger partial charge in [-0.3, -0.25) is 4.79 Å². The van der Waals surface area contributed by atoms with Crippen LogP contribution in [0.1, 0.15) is 24.8 Å². The Balaban J connectivity index is 1.44. The Bertz CT molecular complexity index is 520. The van der Waals surface area contributed by atoms with Crippen LogP contribution in [0.15, 0.2) is 18.3 Å². The molecule has 1 aromatic rings. The normalized spacial score (nSPS) is 30.4. The maximum absolute atomic E-state index is 12.2. The van der Waals surface area contributed by atoms with E-state index in [2.05, 4.69) is 10.3 Å². The molecule has 1 aromatic heterocycles. The van der Waals surface area contributed by atoms with Gasteiger partial charge in [0.2, 0.25) is 11.8 Å². The Morgan fingerprint density at radius 1 is 1.48 bits per heavy atom. The fraction of sp³-hybridized carbons (Fsp3) is 0.625. The zero-order valence-electron chi connectivity index (χ0n) is 12.4. The van der Waals surface area contributed by atoms with E-state index in [1.165, 1.54) is 0 Å². The van der Waals surface area contributed by atoms with Crippen molar-refractivity contribution in [3.8, 4) is 5.88 Å². The van der Waals surface area contributed by atoms with E-state index in [0.717, 1.165) is 31.2 Å². The standard InChI is InChI=1S/C16H23N3O2/c1-21-15-6-10(2-4-18-15)3-5-19-16(20)12-7-11-9-14(17)13(11)8-12/h2,4,6,11-14H,3,5,7-9,17H2,1H3,(H,19,20). The molecule has 5 heteroatoms. The summed E-state index contributed by atoms with van der Waals surface area (Å²) in [5.74, 6) is 2.25. The second-order valence-corrected chi connectivity index (χ2v) is 6.24. The van der Waals surface area contributed by atoms with Crippen LogP contribution in [-0.2, 0) is 11.2 Å². The number of pyridine rings is 1. The number of hydrogen-bond acceptors (Lipinski definition) is 4. The number of nitrogens with one attached hydrogen (secondary N) is 1. The summed E-state index contributed by atoms with van der Waals surface area (Å²) in [5, 5.41) is 3.05. The van der Waals surface area contributed by atoms with Gasteiger partial charge in [0.25, 0.3) is 0 Å². The van der Waals surface area contributed by atoms with E-state index >= 15 is 0 Å². The molecule has 2 saturated carbocycles. The van der Waals surface area contributed by atoms with Gasteiger partial charge in [-0.05, 0) is 49.1 Å². The summed E-state index contributed by atoms with van der Waals surface area (Å²) in [4.78, 5) is 16.3. The predicted molar refractivity (Wildman–Crippen MR) is 79.8 cm³/mol. The summed E-state index contributed by atoms with van der Waals surface area (Å²) in [6.07, 6.45) is 5.62. The third kappa shape index (κ3) is 3.02. The molecule has 2 aliphatic carbocycles. The molecule has 5 nitrogen and oxygen atoms in total. The Labute approximate surface area is 125 Å². The lowest BCUT2D eigenvalue weighted by Crippen LogP contribution is -2.44. The van der Waals surface area contributed by atoms with Crippen molar-refractivity contribution in [1.82, 2.24) is 10.3 Å². The number of methoxy groups -OCH3 is 1. The van der Waals surface area contributed by atoms with Gasteiger partial charge in [-0.1, -0.05) is 0 Å². The second-order valence-electron chi connectivity index (χ2n) is 6.24. The smallest absolute Gasteiger partial charge is 0.223 e. The van der Waals surface area contributed by atoms with Crippen LogP contribution in [-0.4, -0.2) is 30.6 Å². The molecule has 0 bridgehead atoms. The average Bonchev–Trinajstić information content (AvgIpc) is 2.84. The topological polar surface area (TPSA) is 77.2 Å². The lowest BCUT2D eigenvalue weighted by atomic mass is 9.72. The van der Waals surface area contributed by atoms with E-state index in [0.29, 0.717) is 30.3 Å². The third-order valence-corrected chi connectivity index (χ3v) is 4.97. The van der Waals surface area contributed by atoms with Crippen LogP contribution in [0, 0.1) is 17.8 Å². The molecular formula is C16H23N3O2. The summed E-state index contributed by atoms with van der Waals surface area (Å²) >= 11 is 0. The first-order chi connectivity index (χ1) is 10.2. The Morgan fingerprint density at radius 3 is 3.05 bits per heavy atom. The van der Waals surface area contributed by atoms with Gasteiger partial charge in [-0.25, -0.2) is 4.98 Å². The minimum absolute atomic E-state index is 0.167. The van der Waals surface area contributed by atoms with E-state index in [-0.39, 0.29) is 11.8 Å². The van der Waals surface area contributed by atoms with Crippen LogP contribution in [0.2, 0.25) is 0 Å². The van der Waals surface area contributed by atoms with Crippen LogP contribution in [0.4, 0.5) is 0 Å². The molecular weight excluding hydrogens is 266 g/mol. The van der Waals surface area contributed by atoms with Crippen LogP contribution < -0.4 is 15.8 Å². The first-order valence-corrected chi connectivity index (χ1v) is 7.69. The number of fused-ring (bicyclic) bond motifs is 1. The number of carbonyl (C=O) groups is 1. The summed E-state index contributed by atoms with van der Waals surface area (Å²) in [6, 6.07) is 4.18. The van der Waals surface area contributed by atoms with Gasteiger partial charge in [0.15, 0.2) is 0 Å². The zero-order chi connectivity index (χ0) is 14.8. The Hall–Kier alpha value is -1.62. The molecule has 2 aliphatic rings. The molecule has 0 aliphatic heterocycles. The van der Waals surface area contributed by atoms with Crippen LogP contribution in [0.3, 0.4) is 0 Å². The van der Waals surface area contributed by atoms with Crippen LogP contribution >= 0.6 is 0 Å². The highest BCUT2D eigenvalue weighted by Crippen LogP contribution is 2.48. The molecule has 1 amide bonds. The van der Waals surface area contributed by atoms with Gasteiger partial charge in [0, 0.05) is 30.8 Å². The molecule has 3 rings (SSSR count).